The zero-order valence-electron chi connectivity index (χ0n) is 27.9. The Morgan fingerprint density at radius 2 is 1.21 bits per heavy atom. The lowest BCUT2D eigenvalue weighted by molar-refractivity contribution is -0.0352. The third-order valence-electron chi connectivity index (χ3n) is 8.03. The molecule has 0 radical (unpaired) electrons. The summed E-state index contributed by atoms with van der Waals surface area (Å²) >= 11 is 16.0. The van der Waals surface area contributed by atoms with E-state index in [-0.39, 0.29) is 38.0 Å². The third-order valence-corrected chi connectivity index (χ3v) is 8.53. The van der Waals surface area contributed by atoms with Crippen LogP contribution in [-0.2, 0) is 0 Å². The van der Waals surface area contributed by atoms with Gasteiger partial charge in [0, 0.05) is 34.2 Å². The lowest BCUT2D eigenvalue weighted by atomic mass is 9.77. The van der Waals surface area contributed by atoms with E-state index in [2.05, 4.69) is 92.8 Å². The highest BCUT2D eigenvalue weighted by Gasteiger charge is 2.43. The van der Waals surface area contributed by atoms with E-state index in [0.29, 0.717) is 12.1 Å². The van der Waals surface area contributed by atoms with Crippen LogP contribution in [0.2, 0.25) is 15.9 Å². The van der Waals surface area contributed by atoms with Gasteiger partial charge in [0.25, 0.3) is 0 Å². The molecule has 8 nitrogen and oxygen atoms in total. The summed E-state index contributed by atoms with van der Waals surface area (Å²) in [6.07, 6.45) is 12.3. The highest BCUT2D eigenvalue weighted by atomic mass is 35.5. The summed E-state index contributed by atoms with van der Waals surface area (Å²) in [5.74, 6) is 0. The number of likely N-dealkylation sites (tertiary alicyclic amines) is 1. The maximum atomic E-state index is 6.15. The van der Waals surface area contributed by atoms with Crippen LogP contribution in [0.15, 0.2) is 0 Å². The summed E-state index contributed by atoms with van der Waals surface area (Å²) in [4.78, 5) is 13.0. The highest BCUT2D eigenvalue weighted by molar-refractivity contribution is 6.33. The second-order valence-corrected chi connectivity index (χ2v) is 15.6. The number of rotatable bonds is 10. The molecule has 6 N–H and O–H groups in total. The van der Waals surface area contributed by atoms with E-state index in [4.69, 9.17) is 46.3 Å². The fourth-order valence-corrected chi connectivity index (χ4v) is 7.63. The van der Waals surface area contributed by atoms with Gasteiger partial charge in [0.05, 0.1) is 0 Å². The van der Waals surface area contributed by atoms with Crippen molar-refractivity contribution in [3.63, 3.8) is 0 Å². The minimum atomic E-state index is 0.000000000000000444. The molecule has 1 aromatic heterocycles. The average molecular weight is 652 g/mol. The fourth-order valence-electron chi connectivity index (χ4n) is 7.02. The predicted octanol–water partition coefficient (Wildman–Crippen LogP) is 7.00. The molecule has 2 aliphatic heterocycles. The van der Waals surface area contributed by atoms with Crippen molar-refractivity contribution in [2.45, 2.75) is 161 Å². The molecule has 2 saturated heterocycles. The van der Waals surface area contributed by atoms with Gasteiger partial charge in [-0.15, -0.1) is 0 Å². The Hall–Kier alpha value is -0.320. The standard InChI is InChI=1S/C15H33N3.C13H28N2.C3Cl3N3/c1-14(2)11-13(12-15(3,4)18-14)17-10-8-6-5-7-9-16;1-6-7-8-15-12(2,3)9-11(14)10-13(15,4)5;4-1-7-2(5)9-3(6)8-1/h13,17-18H,5-12,16H2,1-4H3;11H,6-10,14H2,1-5H3;. The van der Waals surface area contributed by atoms with Gasteiger partial charge < -0.3 is 22.1 Å². The van der Waals surface area contributed by atoms with Gasteiger partial charge in [-0.05, 0) is 155 Å². The van der Waals surface area contributed by atoms with Crippen LogP contribution in [0.1, 0.15) is 127 Å². The molecule has 0 amide bonds. The Kier molecular flexibility index (Phi) is 17.0. The van der Waals surface area contributed by atoms with Gasteiger partial charge in [-0.1, -0.05) is 26.2 Å². The molecule has 1 aromatic rings. The van der Waals surface area contributed by atoms with Gasteiger partial charge in [0.15, 0.2) is 0 Å². The zero-order chi connectivity index (χ0) is 32.2. The summed E-state index contributed by atoms with van der Waals surface area (Å²) in [7, 11) is 0. The van der Waals surface area contributed by atoms with Crippen molar-refractivity contribution in [3.05, 3.63) is 15.9 Å². The van der Waals surface area contributed by atoms with Crippen molar-refractivity contribution >= 4 is 34.8 Å². The zero-order valence-corrected chi connectivity index (χ0v) is 30.2. The SMILES string of the molecule is CC1(C)CC(NCCCCCCN)CC(C)(C)N1.CCCCN1C(C)(C)CC(N)CC1(C)C.Clc1nc(Cl)nc(Cl)n1. The lowest BCUT2D eigenvalue weighted by Gasteiger charge is -2.55. The Balaban J connectivity index is 0.000000331. The first-order valence-corrected chi connectivity index (χ1v) is 16.9. The number of halogens is 3. The maximum Gasteiger partial charge on any atom is 0.227 e. The van der Waals surface area contributed by atoms with Crippen LogP contribution in [0.5, 0.6) is 0 Å². The van der Waals surface area contributed by atoms with Crippen LogP contribution in [0, 0.1) is 0 Å². The predicted molar refractivity (Wildman–Crippen MR) is 182 cm³/mol. The molecule has 2 fully saturated rings. The summed E-state index contributed by atoms with van der Waals surface area (Å²) in [5.41, 5.74) is 12.7. The summed E-state index contributed by atoms with van der Waals surface area (Å²) in [6.45, 7) is 24.0. The van der Waals surface area contributed by atoms with E-state index in [1.54, 1.807) is 0 Å². The second kappa shape index (κ2) is 18.0. The van der Waals surface area contributed by atoms with Crippen molar-refractivity contribution in [3.8, 4) is 0 Å². The Morgan fingerprint density at radius 1 is 0.762 bits per heavy atom. The third kappa shape index (κ3) is 15.6. The van der Waals surface area contributed by atoms with Crippen LogP contribution in [0.4, 0.5) is 0 Å². The van der Waals surface area contributed by atoms with Crippen molar-refractivity contribution in [1.82, 2.24) is 30.5 Å². The first-order valence-electron chi connectivity index (χ1n) is 15.8. The molecule has 0 bridgehead atoms. The van der Waals surface area contributed by atoms with Crippen LogP contribution in [0.25, 0.3) is 0 Å². The van der Waals surface area contributed by atoms with E-state index in [9.17, 15) is 0 Å². The monoisotopic (exact) mass is 650 g/mol. The van der Waals surface area contributed by atoms with Crippen molar-refractivity contribution < 1.29 is 0 Å². The highest BCUT2D eigenvalue weighted by Crippen LogP contribution is 2.37. The number of hydrogen-bond acceptors (Lipinski definition) is 8. The van der Waals surface area contributed by atoms with E-state index in [1.165, 1.54) is 57.9 Å². The van der Waals surface area contributed by atoms with E-state index >= 15 is 0 Å². The largest absolute Gasteiger partial charge is 0.330 e. The Labute approximate surface area is 272 Å². The summed E-state index contributed by atoms with van der Waals surface area (Å²) in [5, 5.41) is 7.46. The number of aromatic nitrogens is 3. The van der Waals surface area contributed by atoms with Gasteiger partial charge in [0.2, 0.25) is 15.9 Å². The number of nitrogens with two attached hydrogens (primary N) is 2. The quantitative estimate of drug-likeness (QED) is 0.200. The first-order chi connectivity index (χ1) is 19.3. The van der Waals surface area contributed by atoms with Gasteiger partial charge in [-0.25, -0.2) is 0 Å². The molecule has 2 aliphatic rings. The Bertz CT molecular complexity index is 826. The molecule has 0 unspecified atom stereocenters. The summed E-state index contributed by atoms with van der Waals surface area (Å²) < 4.78 is 0. The second-order valence-electron chi connectivity index (χ2n) is 14.6. The number of unbranched alkanes of at least 4 members (excludes halogenated alkanes) is 4. The molecule has 0 saturated carbocycles. The summed E-state index contributed by atoms with van der Waals surface area (Å²) in [6, 6.07) is 1.03. The van der Waals surface area contributed by atoms with E-state index in [1.807, 2.05) is 0 Å². The van der Waals surface area contributed by atoms with E-state index < -0.39 is 0 Å². The Morgan fingerprint density at radius 3 is 1.64 bits per heavy atom. The molecular formula is C31H61Cl3N8. The van der Waals surface area contributed by atoms with Gasteiger partial charge in [0.1, 0.15) is 0 Å². The average Bonchev–Trinajstić information content (AvgIpc) is 2.77. The van der Waals surface area contributed by atoms with Gasteiger partial charge in [-0.3, -0.25) is 4.90 Å². The first kappa shape index (κ1) is 39.7. The smallest absolute Gasteiger partial charge is 0.227 e. The number of hydrogen-bond donors (Lipinski definition) is 4. The van der Waals surface area contributed by atoms with Gasteiger partial charge >= 0.3 is 0 Å². The van der Waals surface area contributed by atoms with Crippen molar-refractivity contribution in [2.75, 3.05) is 19.6 Å². The van der Waals surface area contributed by atoms with Crippen LogP contribution >= 0.6 is 34.8 Å². The molecule has 0 atom stereocenters. The van der Waals surface area contributed by atoms with E-state index in [0.717, 1.165) is 25.9 Å². The van der Waals surface area contributed by atoms with Gasteiger partial charge in [-0.2, -0.15) is 15.0 Å². The number of nitrogens with one attached hydrogen (secondary N) is 2. The molecule has 246 valence electrons. The molecule has 0 spiro atoms. The molecule has 3 heterocycles. The van der Waals surface area contributed by atoms with Crippen LogP contribution in [-0.4, -0.2) is 73.7 Å². The maximum absolute atomic E-state index is 6.15. The normalized spacial score (nSPS) is 21.6. The topological polar surface area (TPSA) is 118 Å². The fraction of sp³-hybridized carbons (Fsp3) is 0.903. The lowest BCUT2D eigenvalue weighted by Crippen LogP contribution is -2.63. The molecule has 3 rings (SSSR count). The minimum Gasteiger partial charge on any atom is -0.330 e. The van der Waals surface area contributed by atoms with Crippen LogP contribution in [0.3, 0.4) is 0 Å². The number of nitrogens with zero attached hydrogens (tertiary/aromatic N) is 4. The number of piperidine rings is 2. The molecule has 0 aromatic carbocycles. The molecular weight excluding hydrogens is 591 g/mol. The molecule has 42 heavy (non-hydrogen) atoms. The van der Waals surface area contributed by atoms with Crippen LogP contribution < -0.4 is 22.1 Å². The molecule has 0 aliphatic carbocycles. The minimum absolute atomic E-state index is 0.000000000000000444. The van der Waals surface area contributed by atoms with Crippen molar-refractivity contribution in [2.24, 2.45) is 11.5 Å². The molecule has 11 heteroatoms. The van der Waals surface area contributed by atoms with Crippen molar-refractivity contribution in [1.29, 1.82) is 0 Å².